The Morgan fingerprint density at radius 3 is 2.33 bits per heavy atom. The van der Waals surface area contributed by atoms with Crippen LogP contribution in [0.5, 0.6) is 0 Å². The zero-order valence-corrected chi connectivity index (χ0v) is 20.2. The molecule has 2 fully saturated rings. The number of sulfonamides is 2. The molecular weight excluding hydrogens is 462 g/mol. The van der Waals surface area contributed by atoms with Gasteiger partial charge in [-0.2, -0.15) is 0 Å². The van der Waals surface area contributed by atoms with E-state index in [-0.39, 0.29) is 35.3 Å². The largest absolute Gasteiger partial charge is 0.295 e. The van der Waals surface area contributed by atoms with Crippen molar-refractivity contribution in [3.63, 3.8) is 0 Å². The Morgan fingerprint density at radius 1 is 1.03 bits per heavy atom. The van der Waals surface area contributed by atoms with Gasteiger partial charge in [0.05, 0.1) is 16.3 Å². The van der Waals surface area contributed by atoms with Gasteiger partial charge < -0.3 is 0 Å². The van der Waals surface area contributed by atoms with E-state index in [4.69, 9.17) is 0 Å². The Morgan fingerprint density at radius 2 is 1.73 bits per heavy atom. The molecule has 0 radical (unpaired) electrons. The predicted octanol–water partition coefficient (Wildman–Crippen LogP) is 2.57. The summed E-state index contributed by atoms with van der Waals surface area (Å²) in [5.41, 5.74) is 1.61. The molecule has 1 N–H and O–H groups in total. The third-order valence-electron chi connectivity index (χ3n) is 6.24. The lowest BCUT2D eigenvalue weighted by molar-refractivity contribution is -0.116. The first kappa shape index (κ1) is 23.9. The first-order chi connectivity index (χ1) is 15.7. The Bertz CT molecular complexity index is 1220. The number of rotatable bonds is 7. The topological polar surface area (TPSA) is 104 Å². The lowest BCUT2D eigenvalue weighted by atomic mass is 10.0. The highest BCUT2D eigenvalue weighted by molar-refractivity contribution is 7.94. The van der Waals surface area contributed by atoms with Gasteiger partial charge in [-0.3, -0.25) is 9.69 Å². The minimum absolute atomic E-state index is 0.0691. The molecule has 33 heavy (non-hydrogen) atoms. The van der Waals surface area contributed by atoms with Crippen molar-refractivity contribution in [2.45, 2.75) is 43.5 Å². The third-order valence-corrected chi connectivity index (χ3v) is 9.52. The fraction of sp³-hybridized carbons (Fsp3) is 0.435. The molecule has 0 aliphatic carbocycles. The Hall–Kier alpha value is -2.27. The maximum atomic E-state index is 13.2. The van der Waals surface area contributed by atoms with Crippen LogP contribution in [0.4, 0.5) is 5.69 Å². The summed E-state index contributed by atoms with van der Waals surface area (Å²) in [6.45, 7) is 3.68. The van der Waals surface area contributed by atoms with Crippen molar-refractivity contribution >= 4 is 31.6 Å². The van der Waals surface area contributed by atoms with Gasteiger partial charge in [-0.05, 0) is 62.2 Å². The number of piperidine rings is 1. The van der Waals surface area contributed by atoms with Crippen molar-refractivity contribution in [1.29, 1.82) is 0 Å². The van der Waals surface area contributed by atoms with Crippen LogP contribution in [0, 0.1) is 6.92 Å². The van der Waals surface area contributed by atoms with E-state index in [1.165, 1.54) is 24.6 Å². The number of aryl methyl sites for hydroxylation is 1. The number of nitrogens with one attached hydrogen (secondary N) is 1. The van der Waals surface area contributed by atoms with Crippen molar-refractivity contribution in [3.8, 4) is 0 Å². The van der Waals surface area contributed by atoms with E-state index in [9.17, 15) is 21.6 Å². The van der Waals surface area contributed by atoms with Crippen LogP contribution in [0.15, 0.2) is 53.4 Å². The van der Waals surface area contributed by atoms with E-state index in [1.54, 1.807) is 6.92 Å². The molecule has 0 spiro atoms. The quantitative estimate of drug-likeness (QED) is 0.639. The molecule has 0 aromatic heterocycles. The smallest absolute Gasteiger partial charge is 0.242 e. The lowest BCUT2D eigenvalue weighted by Crippen LogP contribution is -2.40. The monoisotopic (exact) mass is 491 g/mol. The lowest BCUT2D eigenvalue weighted by Gasteiger charge is -2.35. The van der Waals surface area contributed by atoms with Gasteiger partial charge in [0.15, 0.2) is 0 Å². The zero-order valence-electron chi connectivity index (χ0n) is 18.6. The highest BCUT2D eigenvalue weighted by Crippen LogP contribution is 2.29. The predicted molar refractivity (Wildman–Crippen MR) is 127 cm³/mol. The number of anilines is 1. The average molecular weight is 492 g/mol. The number of carbonyl (C=O) groups excluding carboxylic acids is 1. The van der Waals surface area contributed by atoms with E-state index in [0.717, 1.165) is 35.8 Å². The number of carbonyl (C=O) groups is 1. The van der Waals surface area contributed by atoms with Gasteiger partial charge in [0.1, 0.15) is 0 Å². The molecule has 2 aromatic rings. The van der Waals surface area contributed by atoms with Crippen LogP contribution < -0.4 is 9.03 Å². The van der Waals surface area contributed by atoms with Crippen LogP contribution >= 0.6 is 0 Å². The van der Waals surface area contributed by atoms with Crippen LogP contribution in [-0.4, -0.2) is 53.0 Å². The van der Waals surface area contributed by atoms with Crippen LogP contribution in [0.1, 0.15) is 42.9 Å². The number of amides is 1. The summed E-state index contributed by atoms with van der Waals surface area (Å²) in [4.78, 5) is 14.4. The summed E-state index contributed by atoms with van der Waals surface area (Å²) < 4.78 is 54.3. The molecule has 2 aromatic carbocycles. The molecule has 1 unspecified atom stereocenters. The van der Waals surface area contributed by atoms with Crippen LogP contribution in [0.2, 0.25) is 0 Å². The second-order valence-corrected chi connectivity index (χ2v) is 12.2. The summed E-state index contributed by atoms with van der Waals surface area (Å²) in [5.74, 6) is -0.737. The molecule has 10 heteroatoms. The molecule has 178 valence electrons. The van der Waals surface area contributed by atoms with Crippen LogP contribution in [-0.2, 0) is 24.8 Å². The summed E-state index contributed by atoms with van der Waals surface area (Å²) in [7, 11) is -7.55. The van der Waals surface area contributed by atoms with E-state index >= 15 is 0 Å². The Kier molecular flexibility index (Phi) is 6.90. The standard InChI is InChI=1S/C23H29N3O5S2/c1-18-16-20(26-23(27)12-15-32(26,28)29)10-11-22(18)33(30,31)24-17-21(19-8-4-2-5-9-19)25-13-6-3-7-14-25/h2,4-5,8-11,16,21,24H,3,6-7,12-15,17H2,1H3. The second kappa shape index (κ2) is 9.54. The summed E-state index contributed by atoms with van der Waals surface area (Å²) in [5, 5.41) is 0. The normalized spacial score (nSPS) is 20.2. The number of hydrogen-bond donors (Lipinski definition) is 1. The maximum Gasteiger partial charge on any atom is 0.242 e. The van der Waals surface area contributed by atoms with Gasteiger partial charge in [0.25, 0.3) is 0 Å². The number of benzene rings is 2. The van der Waals surface area contributed by atoms with E-state index in [2.05, 4.69) is 9.62 Å². The van der Waals surface area contributed by atoms with Gasteiger partial charge in [0, 0.05) is 19.0 Å². The molecule has 2 aliphatic rings. The molecule has 2 aliphatic heterocycles. The van der Waals surface area contributed by atoms with Gasteiger partial charge >= 0.3 is 0 Å². The number of likely N-dealkylation sites (tertiary alicyclic amines) is 1. The highest BCUT2D eigenvalue weighted by Gasteiger charge is 2.36. The van der Waals surface area contributed by atoms with Crippen molar-refractivity contribution in [1.82, 2.24) is 9.62 Å². The fourth-order valence-electron chi connectivity index (χ4n) is 4.56. The van der Waals surface area contributed by atoms with Crippen molar-refractivity contribution in [3.05, 3.63) is 59.7 Å². The molecule has 8 nitrogen and oxygen atoms in total. The highest BCUT2D eigenvalue weighted by atomic mass is 32.2. The molecule has 1 atom stereocenters. The van der Waals surface area contributed by atoms with Crippen LogP contribution in [0.25, 0.3) is 0 Å². The molecule has 2 heterocycles. The van der Waals surface area contributed by atoms with E-state index < -0.39 is 26.0 Å². The summed E-state index contributed by atoms with van der Waals surface area (Å²) >= 11 is 0. The maximum absolute atomic E-state index is 13.2. The number of hydrogen-bond acceptors (Lipinski definition) is 6. The molecule has 0 saturated carbocycles. The van der Waals surface area contributed by atoms with Gasteiger partial charge in [0.2, 0.25) is 26.0 Å². The molecule has 2 saturated heterocycles. The van der Waals surface area contributed by atoms with Crippen molar-refractivity contribution in [2.75, 3.05) is 29.7 Å². The number of nitrogens with zero attached hydrogens (tertiary/aromatic N) is 2. The van der Waals surface area contributed by atoms with Crippen molar-refractivity contribution in [2.24, 2.45) is 0 Å². The van der Waals surface area contributed by atoms with E-state index in [0.29, 0.717) is 5.56 Å². The molecular formula is C23H29N3O5S2. The van der Waals surface area contributed by atoms with Crippen LogP contribution in [0.3, 0.4) is 0 Å². The molecule has 4 rings (SSSR count). The minimum Gasteiger partial charge on any atom is -0.295 e. The molecule has 1 amide bonds. The fourth-order valence-corrected chi connectivity index (χ4v) is 7.27. The second-order valence-electron chi connectivity index (χ2n) is 8.55. The van der Waals surface area contributed by atoms with Crippen molar-refractivity contribution < 1.29 is 21.6 Å². The van der Waals surface area contributed by atoms with E-state index in [1.807, 2.05) is 30.3 Å². The first-order valence-electron chi connectivity index (χ1n) is 11.1. The molecule has 0 bridgehead atoms. The Labute approximate surface area is 195 Å². The van der Waals surface area contributed by atoms with Gasteiger partial charge in [-0.1, -0.05) is 36.8 Å². The van der Waals surface area contributed by atoms with Gasteiger partial charge in [-0.15, -0.1) is 0 Å². The van der Waals surface area contributed by atoms with Gasteiger partial charge in [-0.25, -0.2) is 25.9 Å². The average Bonchev–Trinajstić information content (AvgIpc) is 3.07. The summed E-state index contributed by atoms with van der Waals surface area (Å²) in [6.07, 6.45) is 3.30. The minimum atomic E-state index is -3.84. The third kappa shape index (κ3) is 5.13. The summed E-state index contributed by atoms with van der Waals surface area (Å²) in [6, 6.07) is 14.0. The first-order valence-corrected chi connectivity index (χ1v) is 14.2. The Balaban J connectivity index is 1.56. The SMILES string of the molecule is Cc1cc(N2C(=O)CCS2(=O)=O)ccc1S(=O)(=O)NCC(c1ccccc1)N1CCCCC1. The zero-order chi connectivity index (χ0) is 23.6.